The maximum atomic E-state index is 12.5. The number of morpholine rings is 1. The van der Waals surface area contributed by atoms with Gasteiger partial charge in [0, 0.05) is 50.4 Å². The average Bonchev–Trinajstić information content (AvgIpc) is 2.78. The molecule has 160 valence electrons. The largest absolute Gasteiger partial charge is 0.385 e. The van der Waals surface area contributed by atoms with Crippen molar-refractivity contribution in [3.63, 3.8) is 0 Å². The van der Waals surface area contributed by atoms with E-state index in [0.717, 1.165) is 44.1 Å². The van der Waals surface area contributed by atoms with Crippen molar-refractivity contribution in [2.24, 2.45) is 0 Å². The summed E-state index contributed by atoms with van der Waals surface area (Å²) in [6.07, 6.45) is 1.08. The first-order chi connectivity index (χ1) is 14.6. The van der Waals surface area contributed by atoms with Crippen molar-refractivity contribution in [2.75, 3.05) is 44.7 Å². The van der Waals surface area contributed by atoms with E-state index in [2.05, 4.69) is 15.5 Å². The first kappa shape index (κ1) is 21.7. The lowest BCUT2D eigenvalue weighted by Gasteiger charge is -2.31. The molecule has 1 aliphatic rings. The quantitative estimate of drug-likeness (QED) is 0.354. The van der Waals surface area contributed by atoms with E-state index in [4.69, 9.17) is 4.74 Å². The van der Waals surface area contributed by atoms with Crippen molar-refractivity contribution in [3.8, 4) is 0 Å². The molecule has 1 atom stereocenters. The van der Waals surface area contributed by atoms with Gasteiger partial charge in [0.15, 0.2) is 0 Å². The van der Waals surface area contributed by atoms with E-state index in [1.807, 2.05) is 30.3 Å². The van der Waals surface area contributed by atoms with Crippen LogP contribution in [0.1, 0.15) is 24.4 Å². The second kappa shape index (κ2) is 11.3. The zero-order chi connectivity index (χ0) is 21.2. The van der Waals surface area contributed by atoms with E-state index in [1.54, 1.807) is 12.1 Å². The molecule has 3 rings (SSSR count). The molecule has 2 N–H and O–H groups in total. The number of benzene rings is 2. The first-order valence-corrected chi connectivity index (χ1v) is 10.2. The molecule has 0 aliphatic carbocycles. The molecule has 1 heterocycles. The highest BCUT2D eigenvalue weighted by atomic mass is 16.6. The molecule has 8 heteroatoms. The maximum Gasteiger partial charge on any atom is 0.269 e. The van der Waals surface area contributed by atoms with Gasteiger partial charge in [0.05, 0.1) is 24.2 Å². The summed E-state index contributed by atoms with van der Waals surface area (Å²) in [6, 6.07) is 16.3. The van der Waals surface area contributed by atoms with Crippen molar-refractivity contribution in [2.45, 2.75) is 18.9 Å². The average molecular weight is 412 g/mol. The maximum absolute atomic E-state index is 12.5. The Bertz CT molecular complexity index is 808. The van der Waals surface area contributed by atoms with E-state index in [0.29, 0.717) is 19.4 Å². The van der Waals surface area contributed by atoms with Crippen LogP contribution in [0.2, 0.25) is 0 Å². The minimum Gasteiger partial charge on any atom is -0.385 e. The minimum absolute atomic E-state index is 0.0163. The van der Waals surface area contributed by atoms with E-state index >= 15 is 0 Å². The topological polar surface area (TPSA) is 96.7 Å². The van der Waals surface area contributed by atoms with Crippen LogP contribution in [0.25, 0.3) is 0 Å². The fourth-order valence-electron chi connectivity index (χ4n) is 3.41. The molecule has 30 heavy (non-hydrogen) atoms. The number of ether oxygens (including phenoxy) is 1. The molecule has 0 radical (unpaired) electrons. The highest BCUT2D eigenvalue weighted by Gasteiger charge is 2.19. The van der Waals surface area contributed by atoms with Crippen LogP contribution in [-0.2, 0) is 9.53 Å². The van der Waals surface area contributed by atoms with Crippen LogP contribution < -0.4 is 10.6 Å². The Hall–Kier alpha value is -2.97. The Morgan fingerprint density at radius 3 is 2.47 bits per heavy atom. The third-order valence-electron chi connectivity index (χ3n) is 5.07. The van der Waals surface area contributed by atoms with Gasteiger partial charge in [0.1, 0.15) is 0 Å². The SMILES string of the molecule is O=C(CCCNc1ccc([N+](=O)[O-])cc1)NC(CN1CCOCC1)c1ccccc1. The highest BCUT2D eigenvalue weighted by molar-refractivity contribution is 5.76. The van der Waals surface area contributed by atoms with Crippen LogP contribution in [0.3, 0.4) is 0 Å². The number of non-ortho nitro benzene ring substituents is 1. The number of rotatable bonds is 10. The molecule has 8 nitrogen and oxygen atoms in total. The Morgan fingerprint density at radius 2 is 1.80 bits per heavy atom. The number of carbonyl (C=O) groups is 1. The second-order valence-electron chi connectivity index (χ2n) is 7.28. The summed E-state index contributed by atoms with van der Waals surface area (Å²) in [5.41, 5.74) is 1.96. The fraction of sp³-hybridized carbons (Fsp3) is 0.409. The van der Waals surface area contributed by atoms with Crippen LogP contribution in [0.5, 0.6) is 0 Å². The molecule has 1 saturated heterocycles. The molecule has 0 bridgehead atoms. The molecule has 0 spiro atoms. The van der Waals surface area contributed by atoms with Gasteiger partial charge in [-0.25, -0.2) is 0 Å². The lowest BCUT2D eigenvalue weighted by molar-refractivity contribution is -0.384. The minimum atomic E-state index is -0.422. The summed E-state index contributed by atoms with van der Waals surface area (Å²) in [5, 5.41) is 17.1. The normalized spacial score (nSPS) is 15.3. The lowest BCUT2D eigenvalue weighted by Crippen LogP contribution is -2.43. The number of nitrogens with zero attached hydrogens (tertiary/aromatic N) is 2. The van der Waals surface area contributed by atoms with E-state index in [9.17, 15) is 14.9 Å². The zero-order valence-electron chi connectivity index (χ0n) is 17.0. The van der Waals surface area contributed by atoms with Crippen molar-refractivity contribution >= 4 is 17.3 Å². The summed E-state index contributed by atoms with van der Waals surface area (Å²) >= 11 is 0. The van der Waals surface area contributed by atoms with Crippen molar-refractivity contribution in [1.82, 2.24) is 10.2 Å². The molecule has 1 unspecified atom stereocenters. The Morgan fingerprint density at radius 1 is 1.10 bits per heavy atom. The van der Waals surface area contributed by atoms with Gasteiger partial charge in [0.2, 0.25) is 5.91 Å². The van der Waals surface area contributed by atoms with Gasteiger partial charge in [-0.2, -0.15) is 0 Å². The summed E-state index contributed by atoms with van der Waals surface area (Å²) in [7, 11) is 0. The van der Waals surface area contributed by atoms with Crippen LogP contribution in [-0.4, -0.2) is 55.1 Å². The van der Waals surface area contributed by atoms with Gasteiger partial charge >= 0.3 is 0 Å². The van der Waals surface area contributed by atoms with Gasteiger partial charge in [-0.1, -0.05) is 30.3 Å². The fourth-order valence-corrected chi connectivity index (χ4v) is 3.41. The van der Waals surface area contributed by atoms with Crippen molar-refractivity contribution in [3.05, 3.63) is 70.3 Å². The number of hydrogen-bond donors (Lipinski definition) is 2. The Labute approximate surface area is 176 Å². The third-order valence-corrected chi connectivity index (χ3v) is 5.07. The smallest absolute Gasteiger partial charge is 0.269 e. The van der Waals surface area contributed by atoms with Crippen LogP contribution in [0, 0.1) is 10.1 Å². The number of hydrogen-bond acceptors (Lipinski definition) is 6. The number of anilines is 1. The number of nitro groups is 1. The van der Waals surface area contributed by atoms with Gasteiger partial charge < -0.3 is 15.4 Å². The molecular formula is C22H28N4O4. The monoisotopic (exact) mass is 412 g/mol. The third kappa shape index (κ3) is 6.82. The molecule has 2 aromatic carbocycles. The number of nitrogens with one attached hydrogen (secondary N) is 2. The van der Waals surface area contributed by atoms with Gasteiger partial charge in [-0.05, 0) is 24.1 Å². The zero-order valence-corrected chi connectivity index (χ0v) is 17.0. The Balaban J connectivity index is 1.46. The molecule has 1 fully saturated rings. The standard InChI is InChI=1S/C22H28N4O4/c27-22(7-4-12-23-19-8-10-20(11-9-19)26(28)29)24-21(18-5-2-1-3-6-18)17-25-13-15-30-16-14-25/h1-3,5-6,8-11,21,23H,4,7,12-17H2,(H,24,27). The first-order valence-electron chi connectivity index (χ1n) is 10.2. The van der Waals surface area contributed by atoms with E-state index in [1.165, 1.54) is 12.1 Å². The number of amides is 1. The van der Waals surface area contributed by atoms with Crippen LogP contribution >= 0.6 is 0 Å². The molecule has 1 amide bonds. The van der Waals surface area contributed by atoms with Gasteiger partial charge in [0.25, 0.3) is 5.69 Å². The lowest BCUT2D eigenvalue weighted by atomic mass is 10.1. The number of nitro benzene ring substituents is 1. The van der Waals surface area contributed by atoms with Crippen LogP contribution in [0.15, 0.2) is 54.6 Å². The molecular weight excluding hydrogens is 384 g/mol. The predicted octanol–water partition coefficient (Wildman–Crippen LogP) is 2.98. The summed E-state index contributed by atoms with van der Waals surface area (Å²) in [5.74, 6) is 0.0163. The van der Waals surface area contributed by atoms with Gasteiger partial charge in [-0.15, -0.1) is 0 Å². The molecule has 1 aliphatic heterocycles. The summed E-state index contributed by atoms with van der Waals surface area (Å²) in [4.78, 5) is 25.1. The van der Waals surface area contributed by atoms with Gasteiger partial charge in [-0.3, -0.25) is 19.8 Å². The molecule has 2 aromatic rings. The predicted molar refractivity (Wildman–Crippen MR) is 115 cm³/mol. The number of carbonyl (C=O) groups excluding carboxylic acids is 1. The van der Waals surface area contributed by atoms with Crippen LogP contribution in [0.4, 0.5) is 11.4 Å². The van der Waals surface area contributed by atoms with Crippen molar-refractivity contribution in [1.29, 1.82) is 0 Å². The van der Waals surface area contributed by atoms with E-state index in [-0.39, 0.29) is 17.6 Å². The molecule has 0 saturated carbocycles. The summed E-state index contributed by atoms with van der Waals surface area (Å²) in [6.45, 7) is 4.58. The highest BCUT2D eigenvalue weighted by Crippen LogP contribution is 2.17. The van der Waals surface area contributed by atoms with Crippen molar-refractivity contribution < 1.29 is 14.5 Å². The summed E-state index contributed by atoms with van der Waals surface area (Å²) < 4.78 is 5.42. The Kier molecular flexibility index (Phi) is 8.17. The second-order valence-corrected chi connectivity index (χ2v) is 7.28. The molecule has 0 aromatic heterocycles. The van der Waals surface area contributed by atoms with E-state index < -0.39 is 4.92 Å².